The molecular formula is C22H28ClN5O5S. The van der Waals surface area contributed by atoms with E-state index in [4.69, 9.17) is 16.0 Å². The maximum Gasteiger partial charge on any atom is 0.345 e. The molecule has 2 heterocycles. The smallest absolute Gasteiger partial charge is 0.345 e. The molecule has 0 saturated carbocycles. The number of hydrogen-bond donors (Lipinski definition) is 3. The number of rotatable bonds is 4. The molecule has 34 heavy (non-hydrogen) atoms. The van der Waals surface area contributed by atoms with Gasteiger partial charge in [0, 0.05) is 20.2 Å². The zero-order chi connectivity index (χ0) is 26.1. The topological polar surface area (TPSA) is 137 Å². The molecule has 3 rings (SSSR count). The number of carbonyl (C=O) groups excluding carboxylic acids is 1. The van der Waals surface area contributed by atoms with Crippen molar-refractivity contribution < 1.29 is 22.7 Å². The average Bonchev–Trinajstić information content (AvgIpc) is 3.30. The molecule has 0 saturated heterocycles. The van der Waals surface area contributed by atoms with Gasteiger partial charge in [-0.15, -0.1) is 17.2 Å². The highest BCUT2D eigenvalue weighted by atomic mass is 35.5. The fraction of sp³-hybridized carbons (Fsp3) is 0.318. The summed E-state index contributed by atoms with van der Waals surface area (Å²) in [6, 6.07) is 6.00. The second-order valence-corrected chi connectivity index (χ2v) is 9.44. The van der Waals surface area contributed by atoms with Gasteiger partial charge in [-0.2, -0.15) is 8.42 Å². The molecular weight excluding hydrogens is 482 g/mol. The van der Waals surface area contributed by atoms with Gasteiger partial charge in [0.15, 0.2) is 17.4 Å². The SMILES string of the molecule is C#C.CC(C)C.CN(C)C(=O)c1cccc(NC2=NS(=O)(=O)NC2=NCc2cc(Cl)co2)c1O. The van der Waals surface area contributed by atoms with E-state index in [0.29, 0.717) is 10.8 Å². The van der Waals surface area contributed by atoms with Gasteiger partial charge in [0.2, 0.25) is 0 Å². The number of benzene rings is 1. The van der Waals surface area contributed by atoms with E-state index in [1.165, 1.54) is 29.4 Å². The van der Waals surface area contributed by atoms with Crippen molar-refractivity contribution in [3.05, 3.63) is 46.9 Å². The highest BCUT2D eigenvalue weighted by molar-refractivity contribution is 7.89. The first-order chi connectivity index (χ1) is 15.9. The van der Waals surface area contributed by atoms with Gasteiger partial charge in [0.1, 0.15) is 12.0 Å². The van der Waals surface area contributed by atoms with Crippen molar-refractivity contribution in [2.24, 2.45) is 15.3 Å². The van der Waals surface area contributed by atoms with Gasteiger partial charge in [0.25, 0.3) is 5.91 Å². The number of nitrogens with one attached hydrogen (secondary N) is 2. The Morgan fingerprint density at radius 2 is 1.94 bits per heavy atom. The van der Waals surface area contributed by atoms with Crippen molar-refractivity contribution in [2.45, 2.75) is 27.3 Å². The summed E-state index contributed by atoms with van der Waals surface area (Å²) in [7, 11) is -0.892. The van der Waals surface area contributed by atoms with Crippen LogP contribution in [-0.4, -0.2) is 50.1 Å². The molecule has 2 aromatic rings. The molecule has 1 aliphatic heterocycles. The van der Waals surface area contributed by atoms with Crippen LogP contribution in [0, 0.1) is 18.8 Å². The Hall–Kier alpha value is -3.49. The molecule has 0 fully saturated rings. The molecule has 1 amide bonds. The second-order valence-electron chi connectivity index (χ2n) is 7.67. The number of para-hydroxylation sites is 1. The van der Waals surface area contributed by atoms with Crippen molar-refractivity contribution in [3.8, 4) is 18.6 Å². The van der Waals surface area contributed by atoms with Crippen LogP contribution in [0.15, 0.2) is 44.3 Å². The van der Waals surface area contributed by atoms with Gasteiger partial charge in [-0.3, -0.25) is 9.79 Å². The van der Waals surface area contributed by atoms with Crippen LogP contribution in [0.3, 0.4) is 0 Å². The summed E-state index contributed by atoms with van der Waals surface area (Å²) in [6.45, 7) is 6.51. The van der Waals surface area contributed by atoms with Gasteiger partial charge >= 0.3 is 10.2 Å². The van der Waals surface area contributed by atoms with E-state index in [9.17, 15) is 18.3 Å². The zero-order valence-corrected chi connectivity index (χ0v) is 21.1. The van der Waals surface area contributed by atoms with Crippen LogP contribution >= 0.6 is 11.6 Å². The first kappa shape index (κ1) is 28.5. The number of nitrogens with zero attached hydrogens (tertiary/aromatic N) is 3. The fourth-order valence-electron chi connectivity index (χ4n) is 2.33. The fourth-order valence-corrected chi connectivity index (χ4v) is 3.31. The van der Waals surface area contributed by atoms with Gasteiger partial charge < -0.3 is 19.7 Å². The highest BCUT2D eigenvalue weighted by Crippen LogP contribution is 2.28. The molecule has 12 heteroatoms. The lowest BCUT2D eigenvalue weighted by Crippen LogP contribution is -2.30. The summed E-state index contributed by atoms with van der Waals surface area (Å²) in [5.41, 5.74) is 0.146. The molecule has 0 bridgehead atoms. The van der Waals surface area contributed by atoms with E-state index in [-0.39, 0.29) is 35.2 Å². The second kappa shape index (κ2) is 12.7. The minimum absolute atomic E-state index is 0.0103. The Kier molecular flexibility index (Phi) is 10.6. The number of hydrogen-bond acceptors (Lipinski definition) is 7. The quantitative estimate of drug-likeness (QED) is 0.426. The average molecular weight is 510 g/mol. The van der Waals surface area contributed by atoms with Gasteiger partial charge in [-0.25, -0.2) is 4.72 Å². The van der Waals surface area contributed by atoms with E-state index >= 15 is 0 Å². The lowest BCUT2D eigenvalue weighted by Gasteiger charge is -2.14. The lowest BCUT2D eigenvalue weighted by molar-refractivity contribution is 0.0824. The molecule has 0 atom stereocenters. The summed E-state index contributed by atoms with van der Waals surface area (Å²) in [5.74, 6) is 0.289. The molecule has 3 N–H and O–H groups in total. The maximum atomic E-state index is 12.1. The summed E-state index contributed by atoms with van der Waals surface area (Å²) in [4.78, 5) is 17.6. The predicted octanol–water partition coefficient (Wildman–Crippen LogP) is 3.51. The van der Waals surface area contributed by atoms with Crippen LogP contribution in [0.5, 0.6) is 5.75 Å². The maximum absolute atomic E-state index is 12.1. The van der Waals surface area contributed by atoms with Crippen LogP contribution in [-0.2, 0) is 16.8 Å². The van der Waals surface area contributed by atoms with E-state index in [0.717, 1.165) is 5.92 Å². The normalized spacial score (nSPS) is 14.7. The molecule has 0 unspecified atom stereocenters. The number of phenols is 1. The van der Waals surface area contributed by atoms with Crippen molar-refractivity contribution in [1.29, 1.82) is 0 Å². The number of halogens is 1. The number of amides is 1. The Labute approximate surface area is 204 Å². The Morgan fingerprint density at radius 3 is 2.47 bits per heavy atom. The van der Waals surface area contributed by atoms with E-state index < -0.39 is 16.1 Å². The number of carbonyl (C=O) groups is 1. The third-order valence-corrected chi connectivity index (χ3v) is 4.67. The van der Waals surface area contributed by atoms with Crippen LogP contribution in [0.25, 0.3) is 0 Å². The Bertz CT molecular complexity index is 1180. The van der Waals surface area contributed by atoms with Crippen LogP contribution in [0.1, 0.15) is 36.9 Å². The molecule has 0 spiro atoms. The molecule has 184 valence electrons. The number of anilines is 1. The van der Waals surface area contributed by atoms with Gasteiger partial charge in [-0.05, 0) is 18.1 Å². The third kappa shape index (κ3) is 8.46. The lowest BCUT2D eigenvalue weighted by atomic mass is 10.1. The minimum Gasteiger partial charge on any atom is -0.505 e. The number of terminal acetylenes is 1. The highest BCUT2D eigenvalue weighted by Gasteiger charge is 2.27. The van der Waals surface area contributed by atoms with E-state index in [2.05, 4.69) is 53.0 Å². The number of aliphatic imine (C=N–C) groups is 1. The summed E-state index contributed by atoms with van der Waals surface area (Å²) in [5, 5.41) is 13.5. The molecule has 1 aromatic carbocycles. The molecule has 0 radical (unpaired) electrons. The third-order valence-electron chi connectivity index (χ3n) is 3.60. The monoisotopic (exact) mass is 509 g/mol. The van der Waals surface area contributed by atoms with Crippen LogP contribution < -0.4 is 10.0 Å². The predicted molar refractivity (Wildman–Crippen MR) is 134 cm³/mol. The van der Waals surface area contributed by atoms with Crippen molar-refractivity contribution in [3.63, 3.8) is 0 Å². The van der Waals surface area contributed by atoms with Crippen LogP contribution in [0.2, 0.25) is 5.02 Å². The number of amidine groups is 2. The van der Waals surface area contributed by atoms with Gasteiger partial charge in [-0.1, -0.05) is 38.4 Å². The number of aromatic hydroxyl groups is 1. The Morgan fingerprint density at radius 1 is 1.32 bits per heavy atom. The van der Waals surface area contributed by atoms with E-state index in [1.54, 1.807) is 20.2 Å². The number of furan rings is 1. The zero-order valence-electron chi connectivity index (χ0n) is 19.5. The molecule has 1 aliphatic rings. The molecule has 1 aromatic heterocycles. The number of phenolic OH excluding ortho intramolecular Hbond substituents is 1. The van der Waals surface area contributed by atoms with E-state index in [1.807, 2.05) is 0 Å². The minimum atomic E-state index is -3.99. The van der Waals surface area contributed by atoms with Gasteiger partial charge in [0.05, 0.1) is 22.8 Å². The largest absolute Gasteiger partial charge is 0.505 e. The van der Waals surface area contributed by atoms with Crippen molar-refractivity contribution in [1.82, 2.24) is 9.62 Å². The summed E-state index contributed by atoms with van der Waals surface area (Å²) >= 11 is 5.77. The summed E-state index contributed by atoms with van der Waals surface area (Å²) < 4.78 is 34.5. The first-order valence-corrected chi connectivity index (χ1v) is 11.8. The molecule has 10 nitrogen and oxygen atoms in total. The summed E-state index contributed by atoms with van der Waals surface area (Å²) in [6.07, 6.45) is 9.33. The van der Waals surface area contributed by atoms with Crippen LogP contribution in [0.4, 0.5) is 5.69 Å². The molecule has 0 aliphatic carbocycles. The first-order valence-electron chi connectivity index (χ1n) is 9.94. The Balaban J connectivity index is 0.000000872. The standard InChI is InChI=1S/C16H16ClN5O5S.C4H10.C2H2/c1-22(2)16(24)11-4-3-5-12(13(11)23)19-15-14(20-28(25,26)21-15)18-7-10-6-9(17)8-27-10;1-4(2)3;1-2/h3-6,8,23H,7H2,1-2H3,(H,18,20)(H,19,21);4H,1-3H3;1-2H. The van der Waals surface area contributed by atoms with Crippen molar-refractivity contribution >= 4 is 45.1 Å². The van der Waals surface area contributed by atoms with Crippen molar-refractivity contribution in [2.75, 3.05) is 19.4 Å².